The smallest absolute Gasteiger partial charge is 0.222 e. The van der Waals surface area contributed by atoms with Crippen molar-refractivity contribution in [1.29, 1.82) is 0 Å². The predicted octanol–water partition coefficient (Wildman–Crippen LogP) is -0.263. The Balaban J connectivity index is 2.22. The lowest BCUT2D eigenvalue weighted by Crippen LogP contribution is -2.38. The van der Waals surface area contributed by atoms with Gasteiger partial charge in [0.05, 0.1) is 0 Å². The second-order valence-electron chi connectivity index (χ2n) is 3.22. The van der Waals surface area contributed by atoms with E-state index < -0.39 is 0 Å². The van der Waals surface area contributed by atoms with Gasteiger partial charge in [-0.25, -0.2) is 0 Å². The van der Waals surface area contributed by atoms with Crippen LogP contribution in [0, 0.1) is 0 Å². The summed E-state index contributed by atoms with van der Waals surface area (Å²) in [5.41, 5.74) is 5.38. The van der Waals surface area contributed by atoms with E-state index in [1.54, 1.807) is 10.9 Å². The molecule has 0 bridgehead atoms. The fourth-order valence-electron chi connectivity index (χ4n) is 1.05. The van der Waals surface area contributed by atoms with Crippen LogP contribution < -0.4 is 11.1 Å². The number of aromatic nitrogens is 2. The molecule has 0 aliphatic rings. The topological polar surface area (TPSA) is 72.9 Å². The number of aryl methyl sites for hydroxylation is 1. The van der Waals surface area contributed by atoms with Gasteiger partial charge in [-0.3, -0.25) is 9.48 Å². The van der Waals surface area contributed by atoms with E-state index in [9.17, 15) is 4.79 Å². The average Bonchev–Trinajstić information content (AvgIpc) is 2.67. The van der Waals surface area contributed by atoms with Crippen molar-refractivity contribution in [2.24, 2.45) is 5.73 Å². The fraction of sp³-hybridized carbons (Fsp3) is 0.556. The van der Waals surface area contributed by atoms with Crippen molar-refractivity contribution in [3.8, 4) is 0 Å². The van der Waals surface area contributed by atoms with Gasteiger partial charge in [-0.1, -0.05) is 0 Å². The molecule has 0 spiro atoms. The Labute approximate surface area is 83.3 Å². The van der Waals surface area contributed by atoms with Gasteiger partial charge in [0, 0.05) is 37.9 Å². The third kappa shape index (κ3) is 3.57. The van der Waals surface area contributed by atoms with Gasteiger partial charge in [-0.15, -0.1) is 0 Å². The van der Waals surface area contributed by atoms with Crippen LogP contribution in [0.2, 0.25) is 0 Å². The summed E-state index contributed by atoms with van der Waals surface area (Å²) in [5, 5.41) is 6.79. The SMILES string of the molecule is C[C@H](CN)NC(=O)CCn1cccn1. The molecular weight excluding hydrogens is 180 g/mol. The van der Waals surface area contributed by atoms with Crippen LogP contribution in [0.15, 0.2) is 18.5 Å². The summed E-state index contributed by atoms with van der Waals surface area (Å²) in [6, 6.07) is 1.88. The molecule has 0 saturated heterocycles. The van der Waals surface area contributed by atoms with Crippen LogP contribution in [0.25, 0.3) is 0 Å². The maximum absolute atomic E-state index is 11.3. The molecule has 3 N–H and O–H groups in total. The Morgan fingerprint density at radius 2 is 2.50 bits per heavy atom. The molecule has 1 aromatic heterocycles. The number of nitrogens with two attached hydrogens (primary N) is 1. The van der Waals surface area contributed by atoms with Crippen LogP contribution in [-0.4, -0.2) is 28.3 Å². The summed E-state index contributed by atoms with van der Waals surface area (Å²) in [6.07, 6.45) is 3.96. The van der Waals surface area contributed by atoms with E-state index in [2.05, 4.69) is 10.4 Å². The van der Waals surface area contributed by atoms with E-state index in [0.29, 0.717) is 19.5 Å². The van der Waals surface area contributed by atoms with Crippen LogP contribution in [0.3, 0.4) is 0 Å². The Kier molecular flexibility index (Phi) is 4.12. The van der Waals surface area contributed by atoms with E-state index in [-0.39, 0.29) is 11.9 Å². The summed E-state index contributed by atoms with van der Waals surface area (Å²) in [5.74, 6) is 0.0125. The van der Waals surface area contributed by atoms with Crippen LogP contribution in [0.1, 0.15) is 13.3 Å². The molecule has 1 aromatic rings. The first-order chi connectivity index (χ1) is 6.72. The highest BCUT2D eigenvalue weighted by Gasteiger charge is 2.05. The molecule has 0 aliphatic carbocycles. The zero-order valence-electron chi connectivity index (χ0n) is 8.31. The highest BCUT2D eigenvalue weighted by Crippen LogP contribution is 1.90. The zero-order chi connectivity index (χ0) is 10.4. The van der Waals surface area contributed by atoms with E-state index in [1.807, 2.05) is 19.2 Å². The minimum atomic E-state index is 0.0125. The third-order valence-corrected chi connectivity index (χ3v) is 1.89. The van der Waals surface area contributed by atoms with Gasteiger partial charge in [0.15, 0.2) is 0 Å². The molecule has 1 heterocycles. The summed E-state index contributed by atoms with van der Waals surface area (Å²) in [7, 11) is 0. The minimum Gasteiger partial charge on any atom is -0.352 e. The molecular formula is C9H16N4O. The molecule has 5 nitrogen and oxygen atoms in total. The molecule has 78 valence electrons. The van der Waals surface area contributed by atoms with E-state index in [4.69, 9.17) is 5.73 Å². The van der Waals surface area contributed by atoms with Gasteiger partial charge in [-0.05, 0) is 13.0 Å². The molecule has 1 amide bonds. The van der Waals surface area contributed by atoms with Crippen molar-refractivity contribution in [2.75, 3.05) is 6.54 Å². The van der Waals surface area contributed by atoms with Gasteiger partial charge >= 0.3 is 0 Å². The second-order valence-corrected chi connectivity index (χ2v) is 3.22. The van der Waals surface area contributed by atoms with Crippen molar-refractivity contribution in [3.05, 3.63) is 18.5 Å². The number of hydrogen-bond acceptors (Lipinski definition) is 3. The zero-order valence-corrected chi connectivity index (χ0v) is 8.31. The standard InChI is InChI=1S/C9H16N4O/c1-8(7-10)12-9(14)3-6-13-5-2-4-11-13/h2,4-5,8H,3,6-7,10H2,1H3,(H,12,14)/t8-/m1/s1. The van der Waals surface area contributed by atoms with Gasteiger partial charge in [0.1, 0.15) is 0 Å². The first-order valence-electron chi connectivity index (χ1n) is 4.69. The van der Waals surface area contributed by atoms with Gasteiger partial charge in [0.25, 0.3) is 0 Å². The second kappa shape index (κ2) is 5.39. The molecule has 0 aliphatic heterocycles. The molecule has 0 fully saturated rings. The van der Waals surface area contributed by atoms with Crippen molar-refractivity contribution in [3.63, 3.8) is 0 Å². The molecule has 1 atom stereocenters. The first-order valence-corrected chi connectivity index (χ1v) is 4.69. The number of carbonyl (C=O) groups is 1. The lowest BCUT2D eigenvalue weighted by Gasteiger charge is -2.10. The highest BCUT2D eigenvalue weighted by atomic mass is 16.1. The molecule has 0 saturated carbocycles. The van der Waals surface area contributed by atoms with Crippen molar-refractivity contribution >= 4 is 5.91 Å². The summed E-state index contributed by atoms with van der Waals surface area (Å²) >= 11 is 0. The molecule has 5 heteroatoms. The molecule has 1 rings (SSSR count). The predicted molar refractivity (Wildman–Crippen MR) is 53.5 cm³/mol. The largest absolute Gasteiger partial charge is 0.352 e. The van der Waals surface area contributed by atoms with E-state index >= 15 is 0 Å². The summed E-state index contributed by atoms with van der Waals surface area (Å²) < 4.78 is 1.73. The Morgan fingerprint density at radius 3 is 3.07 bits per heavy atom. The lowest BCUT2D eigenvalue weighted by atomic mass is 10.3. The number of carbonyl (C=O) groups excluding carboxylic acids is 1. The Morgan fingerprint density at radius 1 is 1.71 bits per heavy atom. The van der Waals surface area contributed by atoms with Gasteiger partial charge in [-0.2, -0.15) is 5.10 Å². The summed E-state index contributed by atoms with van der Waals surface area (Å²) in [4.78, 5) is 11.3. The molecule has 0 unspecified atom stereocenters. The minimum absolute atomic E-state index is 0.0125. The van der Waals surface area contributed by atoms with Gasteiger partial charge < -0.3 is 11.1 Å². The highest BCUT2D eigenvalue weighted by molar-refractivity contribution is 5.76. The maximum Gasteiger partial charge on any atom is 0.222 e. The normalized spacial score (nSPS) is 12.4. The maximum atomic E-state index is 11.3. The van der Waals surface area contributed by atoms with Crippen LogP contribution in [0.5, 0.6) is 0 Å². The third-order valence-electron chi connectivity index (χ3n) is 1.89. The first kappa shape index (κ1) is 10.7. The molecule has 0 radical (unpaired) electrons. The van der Waals surface area contributed by atoms with Gasteiger partial charge in [0.2, 0.25) is 5.91 Å². The quantitative estimate of drug-likeness (QED) is 0.681. The van der Waals surface area contributed by atoms with Crippen LogP contribution >= 0.6 is 0 Å². The summed E-state index contributed by atoms with van der Waals surface area (Å²) in [6.45, 7) is 2.95. The molecule has 14 heavy (non-hydrogen) atoms. The molecule has 0 aromatic carbocycles. The van der Waals surface area contributed by atoms with Crippen molar-refractivity contribution in [2.45, 2.75) is 25.9 Å². The average molecular weight is 196 g/mol. The van der Waals surface area contributed by atoms with Crippen LogP contribution in [-0.2, 0) is 11.3 Å². The number of hydrogen-bond donors (Lipinski definition) is 2. The number of nitrogens with one attached hydrogen (secondary N) is 1. The Hall–Kier alpha value is -1.36. The van der Waals surface area contributed by atoms with E-state index in [0.717, 1.165) is 0 Å². The Bertz CT molecular complexity index is 270. The number of rotatable bonds is 5. The lowest BCUT2D eigenvalue weighted by molar-refractivity contribution is -0.121. The van der Waals surface area contributed by atoms with Crippen LogP contribution in [0.4, 0.5) is 0 Å². The monoisotopic (exact) mass is 196 g/mol. The fourth-order valence-corrected chi connectivity index (χ4v) is 1.05. The van der Waals surface area contributed by atoms with Crippen molar-refractivity contribution < 1.29 is 4.79 Å². The number of amides is 1. The van der Waals surface area contributed by atoms with Crippen molar-refractivity contribution in [1.82, 2.24) is 15.1 Å². The van der Waals surface area contributed by atoms with E-state index in [1.165, 1.54) is 0 Å². The number of nitrogens with zero attached hydrogens (tertiary/aromatic N) is 2.